The van der Waals surface area contributed by atoms with E-state index < -0.39 is 0 Å². The lowest BCUT2D eigenvalue weighted by Gasteiger charge is -2.28. The molecule has 4 rings (SSSR count). The largest absolute Gasteiger partial charge is 0.329 e. The van der Waals surface area contributed by atoms with Gasteiger partial charge in [0.15, 0.2) is 0 Å². The molecule has 0 aromatic carbocycles. The van der Waals surface area contributed by atoms with Crippen molar-refractivity contribution in [2.24, 2.45) is 7.05 Å². The topological polar surface area (TPSA) is 68.8 Å². The molecular weight excluding hydrogens is 304 g/mol. The van der Waals surface area contributed by atoms with Crippen LogP contribution in [0.3, 0.4) is 0 Å². The quantitative estimate of drug-likeness (QED) is 0.841. The van der Waals surface area contributed by atoms with Gasteiger partial charge in [0.05, 0.1) is 11.7 Å². The van der Waals surface area contributed by atoms with E-state index in [1.165, 1.54) is 0 Å². The summed E-state index contributed by atoms with van der Waals surface area (Å²) in [6.45, 7) is 7.00. The minimum atomic E-state index is 0.0930. The van der Waals surface area contributed by atoms with Gasteiger partial charge in [-0.15, -0.1) is 10.2 Å². The molecule has 128 valence electrons. The average molecular weight is 328 g/mol. The number of carbonyl (C=O) groups excluding carboxylic acids is 1. The second-order valence-corrected chi connectivity index (χ2v) is 7.34. The van der Waals surface area contributed by atoms with Gasteiger partial charge in [0.2, 0.25) is 0 Å². The number of carbonyl (C=O) groups is 1. The first-order chi connectivity index (χ1) is 11.5. The Morgan fingerprint density at radius 1 is 1.25 bits per heavy atom. The summed E-state index contributed by atoms with van der Waals surface area (Å²) >= 11 is 0. The summed E-state index contributed by atoms with van der Waals surface area (Å²) in [6, 6.07) is 2.31. The van der Waals surface area contributed by atoms with Gasteiger partial charge in [0.1, 0.15) is 17.3 Å². The fraction of sp³-hybridized carbons (Fsp3) is 0.647. The van der Waals surface area contributed by atoms with Crippen LogP contribution in [0.15, 0.2) is 6.07 Å². The standard InChI is InChI=1S/C17H24N6O/c1-10(2)16-19-18-15-8-12-5-6-13(9-22(15)16)23(12)17(24)14-7-11(3)20-21(14)4/h7,10,12-13H,5-6,8-9H2,1-4H3/t12-,13+/m0/s1. The first kappa shape index (κ1) is 15.4. The SMILES string of the molecule is Cc1cc(C(=O)N2[C@@H]3CC[C@H]2Cc2nnc(C(C)C)n2C3)n(C)n1. The van der Waals surface area contributed by atoms with Crippen LogP contribution in [0.4, 0.5) is 0 Å². The third-order valence-electron chi connectivity index (χ3n) is 5.26. The Kier molecular flexibility index (Phi) is 3.47. The Hall–Kier alpha value is -2.18. The highest BCUT2D eigenvalue weighted by Gasteiger charge is 2.42. The number of aromatic nitrogens is 5. The number of nitrogens with zero attached hydrogens (tertiary/aromatic N) is 6. The van der Waals surface area contributed by atoms with Gasteiger partial charge in [-0.05, 0) is 25.8 Å². The lowest BCUT2D eigenvalue weighted by molar-refractivity contribution is 0.0653. The van der Waals surface area contributed by atoms with Gasteiger partial charge in [-0.1, -0.05) is 13.8 Å². The second-order valence-electron chi connectivity index (χ2n) is 7.34. The van der Waals surface area contributed by atoms with Crippen molar-refractivity contribution >= 4 is 5.91 Å². The van der Waals surface area contributed by atoms with E-state index in [4.69, 9.17) is 0 Å². The first-order valence-electron chi connectivity index (χ1n) is 8.71. The van der Waals surface area contributed by atoms with E-state index in [2.05, 4.69) is 38.6 Å². The molecule has 2 aromatic rings. The van der Waals surface area contributed by atoms with Crippen molar-refractivity contribution in [2.75, 3.05) is 0 Å². The molecular formula is C17H24N6O. The van der Waals surface area contributed by atoms with Gasteiger partial charge in [-0.3, -0.25) is 9.48 Å². The van der Waals surface area contributed by atoms with Gasteiger partial charge in [0, 0.05) is 32.0 Å². The van der Waals surface area contributed by atoms with Crippen molar-refractivity contribution in [3.8, 4) is 0 Å². The highest BCUT2D eigenvalue weighted by molar-refractivity contribution is 5.93. The lowest BCUT2D eigenvalue weighted by Crippen LogP contribution is -2.42. The van der Waals surface area contributed by atoms with Crippen LogP contribution in [0.1, 0.15) is 60.4 Å². The summed E-state index contributed by atoms with van der Waals surface area (Å²) < 4.78 is 3.94. The Bertz CT molecular complexity index is 789. The summed E-state index contributed by atoms with van der Waals surface area (Å²) in [5.74, 6) is 2.48. The van der Waals surface area contributed by atoms with Crippen molar-refractivity contribution in [3.63, 3.8) is 0 Å². The number of hydrogen-bond acceptors (Lipinski definition) is 4. The molecule has 1 fully saturated rings. The molecule has 2 aliphatic heterocycles. The molecule has 7 nitrogen and oxygen atoms in total. The molecule has 0 spiro atoms. The maximum Gasteiger partial charge on any atom is 0.272 e. The predicted octanol–water partition coefficient (Wildman–Crippen LogP) is 1.67. The van der Waals surface area contributed by atoms with Crippen molar-refractivity contribution < 1.29 is 4.79 Å². The van der Waals surface area contributed by atoms with Crippen LogP contribution in [-0.2, 0) is 20.0 Å². The summed E-state index contributed by atoms with van der Waals surface area (Å²) in [5.41, 5.74) is 1.55. The van der Waals surface area contributed by atoms with Crippen LogP contribution < -0.4 is 0 Å². The number of fused-ring (bicyclic) bond motifs is 3. The fourth-order valence-corrected chi connectivity index (χ4v) is 4.16. The minimum absolute atomic E-state index is 0.0930. The van der Waals surface area contributed by atoms with E-state index in [9.17, 15) is 4.79 Å². The molecule has 2 aliphatic rings. The normalized spacial score (nSPS) is 22.8. The van der Waals surface area contributed by atoms with Crippen LogP contribution >= 0.6 is 0 Å². The zero-order valence-corrected chi connectivity index (χ0v) is 14.7. The van der Waals surface area contributed by atoms with E-state index in [1.807, 2.05) is 20.0 Å². The Labute approximate surface area is 141 Å². The van der Waals surface area contributed by atoms with Gasteiger partial charge in [0.25, 0.3) is 5.91 Å². The summed E-state index contributed by atoms with van der Waals surface area (Å²) in [5, 5.41) is 13.1. The van der Waals surface area contributed by atoms with Gasteiger partial charge in [-0.2, -0.15) is 5.10 Å². The molecule has 0 aliphatic carbocycles. The number of rotatable bonds is 2. The molecule has 2 aromatic heterocycles. The van der Waals surface area contributed by atoms with Crippen molar-refractivity contribution in [3.05, 3.63) is 29.1 Å². The van der Waals surface area contributed by atoms with E-state index in [0.29, 0.717) is 11.6 Å². The molecule has 1 saturated heterocycles. The zero-order valence-electron chi connectivity index (χ0n) is 14.7. The van der Waals surface area contributed by atoms with Crippen LogP contribution in [0, 0.1) is 6.92 Å². The summed E-state index contributed by atoms with van der Waals surface area (Å²) in [7, 11) is 1.84. The number of hydrogen-bond donors (Lipinski definition) is 0. The summed E-state index contributed by atoms with van der Waals surface area (Å²) in [4.78, 5) is 15.2. The highest BCUT2D eigenvalue weighted by atomic mass is 16.2. The third-order valence-corrected chi connectivity index (χ3v) is 5.26. The van der Waals surface area contributed by atoms with E-state index in [0.717, 1.165) is 43.1 Å². The second kappa shape index (κ2) is 5.43. The Balaban J connectivity index is 1.68. The molecule has 0 unspecified atom stereocenters. The molecule has 0 saturated carbocycles. The Morgan fingerprint density at radius 2 is 2.00 bits per heavy atom. The maximum atomic E-state index is 13.2. The van der Waals surface area contributed by atoms with Crippen LogP contribution in [0.5, 0.6) is 0 Å². The molecule has 24 heavy (non-hydrogen) atoms. The predicted molar refractivity (Wildman–Crippen MR) is 88.7 cm³/mol. The Morgan fingerprint density at radius 3 is 2.67 bits per heavy atom. The summed E-state index contributed by atoms with van der Waals surface area (Å²) in [6.07, 6.45) is 2.87. The van der Waals surface area contributed by atoms with Crippen LogP contribution in [0.25, 0.3) is 0 Å². The van der Waals surface area contributed by atoms with Gasteiger partial charge < -0.3 is 9.47 Å². The van der Waals surface area contributed by atoms with Crippen molar-refractivity contribution in [2.45, 2.75) is 64.6 Å². The molecule has 0 radical (unpaired) electrons. The molecule has 4 heterocycles. The maximum absolute atomic E-state index is 13.2. The molecule has 1 amide bonds. The lowest BCUT2D eigenvalue weighted by atomic mass is 10.1. The monoisotopic (exact) mass is 328 g/mol. The first-order valence-corrected chi connectivity index (χ1v) is 8.71. The van der Waals surface area contributed by atoms with Crippen LogP contribution in [0.2, 0.25) is 0 Å². The van der Waals surface area contributed by atoms with E-state index >= 15 is 0 Å². The van der Waals surface area contributed by atoms with Crippen LogP contribution in [-0.4, -0.2) is 47.4 Å². The van der Waals surface area contributed by atoms with Crippen molar-refractivity contribution in [1.82, 2.24) is 29.4 Å². The van der Waals surface area contributed by atoms with E-state index in [-0.39, 0.29) is 18.0 Å². The average Bonchev–Trinajstić information content (AvgIpc) is 3.14. The van der Waals surface area contributed by atoms with Crippen molar-refractivity contribution in [1.29, 1.82) is 0 Å². The highest BCUT2D eigenvalue weighted by Crippen LogP contribution is 2.33. The smallest absolute Gasteiger partial charge is 0.272 e. The fourth-order valence-electron chi connectivity index (χ4n) is 4.16. The molecule has 2 atom stereocenters. The van der Waals surface area contributed by atoms with Gasteiger partial charge >= 0.3 is 0 Å². The zero-order chi connectivity index (χ0) is 17.0. The number of aryl methyl sites for hydroxylation is 2. The number of amides is 1. The van der Waals surface area contributed by atoms with E-state index in [1.54, 1.807) is 4.68 Å². The minimum Gasteiger partial charge on any atom is -0.329 e. The molecule has 0 N–H and O–H groups in total. The molecule has 7 heteroatoms. The third kappa shape index (κ3) is 2.25. The van der Waals surface area contributed by atoms with Gasteiger partial charge in [-0.25, -0.2) is 0 Å². The molecule has 2 bridgehead atoms.